The predicted molar refractivity (Wildman–Crippen MR) is 123 cm³/mol. The van der Waals surface area contributed by atoms with Crippen LogP contribution in [-0.4, -0.2) is 45.8 Å². The summed E-state index contributed by atoms with van der Waals surface area (Å²) >= 11 is 0. The summed E-state index contributed by atoms with van der Waals surface area (Å²) in [5, 5.41) is 0.323. The zero-order valence-electron chi connectivity index (χ0n) is 18.2. The molecule has 3 heterocycles. The van der Waals surface area contributed by atoms with Crippen LogP contribution in [0.5, 0.6) is 0 Å². The van der Waals surface area contributed by atoms with Crippen LogP contribution < -0.4 is 10.5 Å². The monoisotopic (exact) mass is 500 g/mol. The van der Waals surface area contributed by atoms with Crippen LogP contribution in [0.25, 0.3) is 22.2 Å². The van der Waals surface area contributed by atoms with Crippen molar-refractivity contribution in [2.24, 2.45) is 5.73 Å². The number of primary amides is 1. The number of carbonyl (C=O) groups is 2. The quantitative estimate of drug-likeness (QED) is 0.313. The molecule has 0 aliphatic carbocycles. The number of nitrogens with two attached hydrogens (primary N) is 1. The summed E-state index contributed by atoms with van der Waals surface area (Å²) in [6.45, 7) is 1.60. The third-order valence-corrected chi connectivity index (χ3v) is 6.51. The van der Waals surface area contributed by atoms with E-state index in [2.05, 4.69) is 19.9 Å². The van der Waals surface area contributed by atoms with E-state index in [1.165, 1.54) is 24.8 Å². The Morgan fingerprint density at radius 3 is 2.40 bits per heavy atom. The molecule has 0 unspecified atom stereocenters. The second kappa shape index (κ2) is 9.18. The molecule has 0 aliphatic heterocycles. The van der Waals surface area contributed by atoms with Gasteiger partial charge in [-0.3, -0.25) is 14.3 Å². The Labute approximate surface area is 197 Å². The lowest BCUT2D eigenvalue weighted by Gasteiger charge is -2.11. The molecule has 1 aromatic carbocycles. The van der Waals surface area contributed by atoms with Crippen LogP contribution >= 0.6 is 0 Å². The van der Waals surface area contributed by atoms with Crippen LogP contribution in [-0.2, 0) is 10.0 Å². The van der Waals surface area contributed by atoms with Crippen molar-refractivity contribution in [1.29, 1.82) is 0 Å². The number of nitrogens with one attached hydrogen (secondary N) is 2. The number of pyridine rings is 1. The molecule has 0 bridgehead atoms. The maximum Gasteiger partial charge on any atom is 0.286 e. The number of sulfonamides is 1. The van der Waals surface area contributed by atoms with Crippen molar-refractivity contribution in [1.82, 2.24) is 19.9 Å². The van der Waals surface area contributed by atoms with E-state index < -0.39 is 44.6 Å². The fourth-order valence-electron chi connectivity index (χ4n) is 3.40. The largest absolute Gasteiger partial charge is 0.363 e. The molecule has 13 heteroatoms. The number of aromatic amines is 1. The molecule has 0 fully saturated rings. The van der Waals surface area contributed by atoms with Crippen molar-refractivity contribution in [3.63, 3.8) is 0 Å². The molecule has 4 N–H and O–H groups in total. The molecule has 10 nitrogen and oxygen atoms in total. The number of fused-ring (bicyclic) bond motifs is 1. The lowest BCUT2D eigenvalue weighted by Crippen LogP contribution is -2.19. The van der Waals surface area contributed by atoms with Gasteiger partial charge in [0, 0.05) is 46.9 Å². The van der Waals surface area contributed by atoms with Crippen LogP contribution in [0.15, 0.2) is 43.0 Å². The summed E-state index contributed by atoms with van der Waals surface area (Å²) in [6, 6.07) is 3.34. The zero-order valence-corrected chi connectivity index (χ0v) is 19.0. The number of benzene rings is 1. The van der Waals surface area contributed by atoms with E-state index in [9.17, 15) is 22.4 Å². The molecule has 4 aromatic rings. The summed E-state index contributed by atoms with van der Waals surface area (Å²) in [4.78, 5) is 39.2. The third-order valence-electron chi connectivity index (χ3n) is 5.05. The molecule has 0 radical (unpaired) electrons. The summed E-state index contributed by atoms with van der Waals surface area (Å²) < 4.78 is 55.3. The zero-order chi connectivity index (χ0) is 25.3. The van der Waals surface area contributed by atoms with Crippen molar-refractivity contribution in [3.8, 4) is 11.1 Å². The van der Waals surface area contributed by atoms with Gasteiger partial charge in [0.25, 0.3) is 5.91 Å². The van der Waals surface area contributed by atoms with Gasteiger partial charge in [0.15, 0.2) is 11.6 Å². The number of hydrogen-bond donors (Lipinski definition) is 3. The lowest BCUT2D eigenvalue weighted by atomic mass is 10.0. The van der Waals surface area contributed by atoms with Gasteiger partial charge in [-0.25, -0.2) is 32.2 Å². The number of carbonyl (C=O) groups excluding carboxylic acids is 2. The van der Waals surface area contributed by atoms with E-state index >= 15 is 4.39 Å². The van der Waals surface area contributed by atoms with Crippen LogP contribution in [0, 0.1) is 11.6 Å². The van der Waals surface area contributed by atoms with Crippen molar-refractivity contribution >= 4 is 38.4 Å². The maximum atomic E-state index is 15.1. The second-order valence-electron chi connectivity index (χ2n) is 7.52. The molecule has 1 amide bonds. The predicted octanol–water partition coefficient (Wildman–Crippen LogP) is 2.78. The Morgan fingerprint density at radius 1 is 1.06 bits per heavy atom. The van der Waals surface area contributed by atoms with Gasteiger partial charge in [-0.15, -0.1) is 0 Å². The minimum atomic E-state index is -4.00. The number of ketones is 1. The summed E-state index contributed by atoms with van der Waals surface area (Å²) in [7, 11) is -4.00. The number of aromatic nitrogens is 4. The third kappa shape index (κ3) is 4.71. The van der Waals surface area contributed by atoms with Gasteiger partial charge in [0.1, 0.15) is 17.2 Å². The standard InChI is InChI=1S/C22H18F2N6O4S/c1-2-5-35(33,34)30-18-16(23)4-3-13(17(18)24)19(31)15-10-29-21-14(15)6-11(7-26-21)12-8-27-22(20(25)32)28-9-12/h3-4,6-10,30H,2,5H2,1H3,(H2,25,32)(H,26,29). The second-order valence-corrected chi connectivity index (χ2v) is 9.36. The molecule has 0 aliphatic rings. The number of H-pyrrole nitrogens is 1. The topological polar surface area (TPSA) is 161 Å². The molecule has 0 spiro atoms. The first-order chi connectivity index (χ1) is 16.6. The van der Waals surface area contributed by atoms with E-state index in [0.29, 0.717) is 22.2 Å². The lowest BCUT2D eigenvalue weighted by molar-refractivity contribution is 0.0989. The average Bonchev–Trinajstić information content (AvgIpc) is 3.25. The Hall–Kier alpha value is -4.26. The van der Waals surface area contributed by atoms with Gasteiger partial charge in [-0.05, 0) is 24.6 Å². The number of nitrogens with zero attached hydrogens (tertiary/aromatic N) is 3. The first-order valence-corrected chi connectivity index (χ1v) is 11.9. The maximum absolute atomic E-state index is 15.1. The molecule has 180 valence electrons. The molecule has 3 aromatic heterocycles. The van der Waals surface area contributed by atoms with E-state index in [4.69, 9.17) is 5.73 Å². The van der Waals surface area contributed by atoms with E-state index in [-0.39, 0.29) is 23.6 Å². The van der Waals surface area contributed by atoms with E-state index in [1.54, 1.807) is 13.0 Å². The van der Waals surface area contributed by atoms with Crippen LogP contribution in [0.3, 0.4) is 0 Å². The molecule has 0 atom stereocenters. The first kappa shape index (κ1) is 23.9. The molecule has 4 rings (SSSR count). The van der Waals surface area contributed by atoms with Crippen molar-refractivity contribution in [2.75, 3.05) is 10.5 Å². The normalized spacial score (nSPS) is 11.5. The number of hydrogen-bond acceptors (Lipinski definition) is 7. The molecule has 0 saturated carbocycles. The Kier molecular flexibility index (Phi) is 6.26. The highest BCUT2D eigenvalue weighted by atomic mass is 32.2. The van der Waals surface area contributed by atoms with Gasteiger partial charge < -0.3 is 10.7 Å². The van der Waals surface area contributed by atoms with E-state index in [0.717, 1.165) is 12.1 Å². The number of halogens is 2. The van der Waals surface area contributed by atoms with Gasteiger partial charge in [0.05, 0.1) is 11.3 Å². The SMILES string of the molecule is CCCS(=O)(=O)Nc1c(F)ccc(C(=O)c2c[nH]c3ncc(-c4cnc(C(N)=O)nc4)cc23)c1F. The molecule has 0 saturated heterocycles. The average molecular weight is 500 g/mol. The van der Waals surface area contributed by atoms with Crippen LogP contribution in [0.1, 0.15) is 39.9 Å². The van der Waals surface area contributed by atoms with Crippen molar-refractivity contribution in [3.05, 3.63) is 71.6 Å². The van der Waals surface area contributed by atoms with Crippen molar-refractivity contribution < 1.29 is 26.8 Å². The van der Waals surface area contributed by atoms with Gasteiger partial charge in [-0.2, -0.15) is 0 Å². The summed E-state index contributed by atoms with van der Waals surface area (Å²) in [5.41, 5.74) is 5.01. The highest BCUT2D eigenvalue weighted by Gasteiger charge is 2.25. The van der Waals surface area contributed by atoms with E-state index in [1.807, 2.05) is 4.72 Å². The highest BCUT2D eigenvalue weighted by molar-refractivity contribution is 7.92. The van der Waals surface area contributed by atoms with Gasteiger partial charge in [-0.1, -0.05) is 6.92 Å². The number of rotatable bonds is 8. The summed E-state index contributed by atoms with van der Waals surface area (Å²) in [6.07, 6.45) is 5.75. The minimum Gasteiger partial charge on any atom is -0.363 e. The molecular formula is C22H18F2N6O4S. The van der Waals surface area contributed by atoms with Crippen LogP contribution in [0.4, 0.5) is 14.5 Å². The first-order valence-electron chi connectivity index (χ1n) is 10.2. The smallest absolute Gasteiger partial charge is 0.286 e. The fraction of sp³-hybridized carbons (Fsp3) is 0.136. The number of amides is 1. The Morgan fingerprint density at radius 2 is 1.74 bits per heavy atom. The Bertz CT molecular complexity index is 1570. The fourth-order valence-corrected chi connectivity index (χ4v) is 4.53. The van der Waals surface area contributed by atoms with Gasteiger partial charge in [0.2, 0.25) is 15.8 Å². The summed E-state index contributed by atoms with van der Waals surface area (Å²) in [5.74, 6) is -4.60. The molecule has 35 heavy (non-hydrogen) atoms. The highest BCUT2D eigenvalue weighted by Crippen LogP contribution is 2.29. The number of anilines is 1. The molecular weight excluding hydrogens is 482 g/mol. The van der Waals surface area contributed by atoms with Crippen molar-refractivity contribution in [2.45, 2.75) is 13.3 Å². The Balaban J connectivity index is 1.75. The van der Waals surface area contributed by atoms with Gasteiger partial charge >= 0.3 is 0 Å². The van der Waals surface area contributed by atoms with Crippen LogP contribution in [0.2, 0.25) is 0 Å². The minimum absolute atomic E-state index is 0.0249.